The number of amides is 1. The van der Waals surface area contributed by atoms with Crippen LogP contribution < -0.4 is 10.9 Å². The summed E-state index contributed by atoms with van der Waals surface area (Å²) < 4.78 is 10.8. The second kappa shape index (κ2) is 8.80. The van der Waals surface area contributed by atoms with Gasteiger partial charge in [-0.15, -0.1) is 11.3 Å². The molecule has 4 rings (SSSR count). The van der Waals surface area contributed by atoms with E-state index in [2.05, 4.69) is 15.3 Å². The Balaban J connectivity index is 1.78. The lowest BCUT2D eigenvalue weighted by molar-refractivity contribution is 0.0526. The molecule has 0 saturated heterocycles. The Bertz CT molecular complexity index is 1310. The van der Waals surface area contributed by atoms with Gasteiger partial charge in [0.15, 0.2) is 5.13 Å². The maximum atomic E-state index is 12.9. The van der Waals surface area contributed by atoms with Crippen molar-refractivity contribution in [2.75, 3.05) is 11.9 Å². The summed E-state index contributed by atoms with van der Waals surface area (Å²) in [7, 11) is 0. The number of thiazole rings is 1. The van der Waals surface area contributed by atoms with Gasteiger partial charge in [-0.05, 0) is 49.4 Å². The number of hydrogen-bond acceptors (Lipinski definition) is 8. The average Bonchev–Trinajstić information content (AvgIpc) is 3.27. The van der Waals surface area contributed by atoms with Crippen LogP contribution in [-0.4, -0.2) is 28.6 Å². The summed E-state index contributed by atoms with van der Waals surface area (Å²) >= 11 is 1.29. The molecule has 0 unspecified atom stereocenters. The van der Waals surface area contributed by atoms with Crippen LogP contribution in [0.1, 0.15) is 27.6 Å². The standard InChI is InChI=1S/C22H17N3O5S/c1-2-29-21(28)13-3-6-15(7-4-13)24-20-17(19(27)25-22-23-9-10-31-22)11-14-5-8-16(26)12-18(14)30-20/h3-12,26H,2H2,1H3,(H,23,25,27). The topological polar surface area (TPSA) is 114 Å². The fraction of sp³-hybridized carbons (Fsp3) is 0.0909. The molecular weight excluding hydrogens is 418 g/mol. The van der Waals surface area contributed by atoms with Crippen LogP contribution in [0.4, 0.5) is 10.8 Å². The Kier molecular flexibility index (Phi) is 5.76. The fourth-order valence-corrected chi connectivity index (χ4v) is 3.33. The third-order valence-electron chi connectivity index (χ3n) is 4.24. The van der Waals surface area contributed by atoms with Crippen LogP contribution in [0.5, 0.6) is 5.75 Å². The molecule has 2 aromatic heterocycles. The van der Waals surface area contributed by atoms with Gasteiger partial charge < -0.3 is 14.3 Å². The summed E-state index contributed by atoms with van der Waals surface area (Å²) in [4.78, 5) is 33.2. The van der Waals surface area contributed by atoms with Crippen molar-refractivity contribution in [2.45, 2.75) is 6.92 Å². The zero-order chi connectivity index (χ0) is 21.8. The molecule has 31 heavy (non-hydrogen) atoms. The number of carbonyl (C=O) groups excluding carboxylic acids is 2. The normalized spacial score (nSPS) is 11.5. The molecule has 0 fully saturated rings. The van der Waals surface area contributed by atoms with E-state index in [0.29, 0.717) is 27.4 Å². The van der Waals surface area contributed by atoms with Crippen molar-refractivity contribution >= 4 is 45.0 Å². The predicted octanol–water partition coefficient (Wildman–Crippen LogP) is 4.26. The molecular formula is C22H17N3O5S. The number of fused-ring (bicyclic) bond motifs is 1. The van der Waals surface area contributed by atoms with Gasteiger partial charge in [-0.3, -0.25) is 10.1 Å². The van der Waals surface area contributed by atoms with Crippen molar-refractivity contribution in [1.29, 1.82) is 0 Å². The van der Waals surface area contributed by atoms with E-state index in [4.69, 9.17) is 9.15 Å². The van der Waals surface area contributed by atoms with E-state index in [1.165, 1.54) is 23.5 Å². The van der Waals surface area contributed by atoms with Gasteiger partial charge in [-0.2, -0.15) is 0 Å². The summed E-state index contributed by atoms with van der Waals surface area (Å²) in [5, 5.41) is 15.3. The Labute approximate surface area is 180 Å². The van der Waals surface area contributed by atoms with Crippen LogP contribution in [0.15, 0.2) is 69.5 Å². The predicted molar refractivity (Wildman–Crippen MR) is 116 cm³/mol. The van der Waals surface area contributed by atoms with E-state index in [1.54, 1.807) is 54.9 Å². The van der Waals surface area contributed by atoms with Crippen molar-refractivity contribution in [3.63, 3.8) is 0 Å². The second-order valence-corrected chi connectivity index (χ2v) is 7.25. The summed E-state index contributed by atoms with van der Waals surface area (Å²) in [6, 6.07) is 12.6. The number of nitrogens with one attached hydrogen (secondary N) is 1. The molecule has 156 valence electrons. The highest BCUT2D eigenvalue weighted by molar-refractivity contribution is 7.13. The number of aromatic nitrogens is 1. The van der Waals surface area contributed by atoms with Gasteiger partial charge in [0, 0.05) is 23.0 Å². The van der Waals surface area contributed by atoms with E-state index in [-0.39, 0.29) is 23.5 Å². The van der Waals surface area contributed by atoms with Crippen molar-refractivity contribution in [3.05, 3.63) is 76.8 Å². The minimum atomic E-state index is -0.435. The number of phenols is 1. The quantitative estimate of drug-likeness (QED) is 0.453. The lowest BCUT2D eigenvalue weighted by Crippen LogP contribution is -2.21. The lowest BCUT2D eigenvalue weighted by atomic mass is 10.1. The highest BCUT2D eigenvalue weighted by Gasteiger charge is 2.15. The van der Waals surface area contributed by atoms with Gasteiger partial charge in [0.1, 0.15) is 16.9 Å². The number of phenolic OH excluding ortho intramolecular Hbond substituents is 1. The molecule has 0 bridgehead atoms. The zero-order valence-corrected chi connectivity index (χ0v) is 17.2. The van der Waals surface area contributed by atoms with E-state index < -0.39 is 11.9 Å². The van der Waals surface area contributed by atoms with Crippen LogP contribution in [0.25, 0.3) is 11.0 Å². The third kappa shape index (κ3) is 4.62. The molecule has 0 atom stereocenters. The Morgan fingerprint density at radius 1 is 1.19 bits per heavy atom. The van der Waals surface area contributed by atoms with Gasteiger partial charge in [0.05, 0.1) is 17.9 Å². The van der Waals surface area contributed by atoms with Crippen LogP contribution >= 0.6 is 11.3 Å². The first-order valence-corrected chi connectivity index (χ1v) is 10.2. The molecule has 0 spiro atoms. The molecule has 1 amide bonds. The molecule has 9 heteroatoms. The number of ether oxygens (including phenoxy) is 1. The van der Waals surface area contributed by atoms with Crippen molar-refractivity contribution in [1.82, 2.24) is 4.98 Å². The summed E-state index contributed by atoms with van der Waals surface area (Å²) in [6.07, 6.45) is 1.59. The number of nitrogens with zero attached hydrogens (tertiary/aromatic N) is 2. The molecule has 0 aliphatic rings. The summed E-state index contributed by atoms with van der Waals surface area (Å²) in [6.45, 7) is 2.02. The molecule has 2 N–H and O–H groups in total. The van der Waals surface area contributed by atoms with Gasteiger partial charge >= 0.3 is 5.97 Å². The van der Waals surface area contributed by atoms with Gasteiger partial charge in [-0.25, -0.2) is 14.8 Å². The van der Waals surface area contributed by atoms with Crippen LogP contribution in [0.3, 0.4) is 0 Å². The molecule has 0 aliphatic heterocycles. The van der Waals surface area contributed by atoms with Gasteiger partial charge in [0.25, 0.3) is 5.91 Å². The van der Waals surface area contributed by atoms with Crippen molar-refractivity contribution < 1.29 is 23.8 Å². The fourth-order valence-electron chi connectivity index (χ4n) is 2.81. The minimum Gasteiger partial charge on any atom is -0.508 e. The number of anilines is 1. The largest absolute Gasteiger partial charge is 0.508 e. The number of esters is 1. The second-order valence-electron chi connectivity index (χ2n) is 6.36. The van der Waals surface area contributed by atoms with E-state index in [1.807, 2.05) is 0 Å². The first kappa shape index (κ1) is 20.3. The number of benzene rings is 2. The first-order chi connectivity index (χ1) is 15.0. The Morgan fingerprint density at radius 3 is 2.71 bits per heavy atom. The molecule has 0 aliphatic carbocycles. The van der Waals surface area contributed by atoms with Crippen molar-refractivity contribution in [3.8, 4) is 5.75 Å². The number of aromatic hydroxyl groups is 1. The van der Waals surface area contributed by atoms with Crippen LogP contribution in [-0.2, 0) is 4.74 Å². The van der Waals surface area contributed by atoms with Crippen LogP contribution in [0, 0.1) is 0 Å². The third-order valence-corrected chi connectivity index (χ3v) is 4.93. The highest BCUT2D eigenvalue weighted by atomic mass is 32.1. The smallest absolute Gasteiger partial charge is 0.338 e. The number of carbonyl (C=O) groups is 2. The average molecular weight is 435 g/mol. The van der Waals surface area contributed by atoms with E-state index >= 15 is 0 Å². The molecule has 0 radical (unpaired) electrons. The maximum Gasteiger partial charge on any atom is 0.338 e. The molecule has 2 aromatic carbocycles. The van der Waals surface area contributed by atoms with Crippen LogP contribution in [0.2, 0.25) is 0 Å². The zero-order valence-electron chi connectivity index (χ0n) is 16.4. The molecule has 0 saturated carbocycles. The van der Waals surface area contributed by atoms with Gasteiger partial charge in [0.2, 0.25) is 5.55 Å². The summed E-state index contributed by atoms with van der Waals surface area (Å²) in [5.74, 6) is -0.833. The molecule has 8 nitrogen and oxygen atoms in total. The summed E-state index contributed by atoms with van der Waals surface area (Å²) in [5.41, 5.74) is 1.48. The molecule has 2 heterocycles. The Hall–Kier alpha value is -3.98. The monoisotopic (exact) mass is 435 g/mol. The number of rotatable bonds is 5. The first-order valence-electron chi connectivity index (χ1n) is 9.33. The van der Waals surface area contributed by atoms with Gasteiger partial charge in [-0.1, -0.05) is 0 Å². The minimum absolute atomic E-state index is 0.0287. The Morgan fingerprint density at radius 2 is 2.00 bits per heavy atom. The van der Waals surface area contributed by atoms with E-state index in [0.717, 1.165) is 0 Å². The lowest BCUT2D eigenvalue weighted by Gasteiger charge is -2.06. The SMILES string of the molecule is CCOC(=O)c1ccc(N=c2oc3cc(O)ccc3cc2C(=O)Nc2nccs2)cc1. The van der Waals surface area contributed by atoms with Crippen molar-refractivity contribution in [2.24, 2.45) is 4.99 Å². The van der Waals surface area contributed by atoms with E-state index in [9.17, 15) is 14.7 Å². The molecule has 4 aromatic rings. The highest BCUT2D eigenvalue weighted by Crippen LogP contribution is 2.21. The number of hydrogen-bond donors (Lipinski definition) is 2. The maximum absolute atomic E-state index is 12.9.